The van der Waals surface area contributed by atoms with E-state index in [1.54, 1.807) is 12.1 Å². The van der Waals surface area contributed by atoms with E-state index < -0.39 is 0 Å². The van der Waals surface area contributed by atoms with E-state index in [9.17, 15) is 14.0 Å². The Labute approximate surface area is 189 Å². The highest BCUT2D eigenvalue weighted by molar-refractivity contribution is 5.88. The number of rotatable bonds is 7. The van der Waals surface area contributed by atoms with Crippen LogP contribution in [-0.2, 0) is 14.3 Å². The van der Waals surface area contributed by atoms with Gasteiger partial charge in [0.2, 0.25) is 11.8 Å². The van der Waals surface area contributed by atoms with Crippen molar-refractivity contribution in [3.05, 3.63) is 35.6 Å². The van der Waals surface area contributed by atoms with Gasteiger partial charge in [-0.3, -0.25) is 14.5 Å². The molecule has 1 aromatic rings. The molecule has 4 aliphatic carbocycles. The van der Waals surface area contributed by atoms with Gasteiger partial charge in [0.25, 0.3) is 0 Å². The number of amides is 2. The molecule has 1 heterocycles. The number of hydrogen-bond acceptors (Lipinski definition) is 4. The molecule has 1 saturated heterocycles. The Kier molecular flexibility index (Phi) is 6.21. The second-order valence-corrected chi connectivity index (χ2v) is 10.4. The summed E-state index contributed by atoms with van der Waals surface area (Å²) in [4.78, 5) is 28.0. The SMILES string of the molecule is O=C(CNC(=O)C12CC3CC(CC(C3)C1)C2)NCC(c1ccc(F)cc1)N1CCOCC1. The lowest BCUT2D eigenvalue weighted by atomic mass is 9.49. The van der Waals surface area contributed by atoms with Crippen LogP contribution in [0, 0.1) is 29.0 Å². The van der Waals surface area contributed by atoms with Crippen LogP contribution in [0.3, 0.4) is 0 Å². The highest BCUT2D eigenvalue weighted by Crippen LogP contribution is 2.60. The molecule has 4 saturated carbocycles. The minimum Gasteiger partial charge on any atom is -0.379 e. The highest BCUT2D eigenvalue weighted by Gasteiger charge is 2.54. The molecule has 1 atom stereocenters. The maximum atomic E-state index is 13.4. The lowest BCUT2D eigenvalue weighted by Crippen LogP contribution is -2.54. The number of carbonyl (C=O) groups excluding carboxylic acids is 2. The van der Waals surface area contributed by atoms with Crippen molar-refractivity contribution in [2.24, 2.45) is 23.2 Å². The van der Waals surface area contributed by atoms with Gasteiger partial charge in [0, 0.05) is 25.0 Å². The van der Waals surface area contributed by atoms with E-state index in [1.165, 1.54) is 31.4 Å². The smallest absolute Gasteiger partial charge is 0.239 e. The second-order valence-electron chi connectivity index (χ2n) is 10.4. The average Bonchev–Trinajstić information content (AvgIpc) is 2.78. The van der Waals surface area contributed by atoms with Crippen molar-refractivity contribution >= 4 is 11.8 Å². The Balaban J connectivity index is 1.16. The van der Waals surface area contributed by atoms with Crippen molar-refractivity contribution in [2.45, 2.75) is 44.6 Å². The van der Waals surface area contributed by atoms with Crippen LogP contribution in [0.4, 0.5) is 4.39 Å². The Hall–Kier alpha value is -1.99. The van der Waals surface area contributed by atoms with Gasteiger partial charge in [0.15, 0.2) is 0 Å². The van der Waals surface area contributed by atoms with Crippen LogP contribution in [-0.4, -0.2) is 56.1 Å². The molecule has 5 aliphatic rings. The number of ether oxygens (including phenoxy) is 1. The van der Waals surface area contributed by atoms with Crippen LogP contribution in [0.2, 0.25) is 0 Å². The standard InChI is InChI=1S/C25H34FN3O3/c26-21-3-1-20(2-4-21)22(29-5-7-32-8-6-29)15-27-23(30)16-28-24(31)25-12-17-9-18(13-25)11-19(10-17)14-25/h1-4,17-19,22H,5-16H2,(H,27,30)(H,28,31). The van der Waals surface area contributed by atoms with E-state index in [2.05, 4.69) is 15.5 Å². The summed E-state index contributed by atoms with van der Waals surface area (Å²) in [7, 11) is 0. The minimum absolute atomic E-state index is 0.0137. The monoisotopic (exact) mass is 443 g/mol. The van der Waals surface area contributed by atoms with Crippen molar-refractivity contribution in [2.75, 3.05) is 39.4 Å². The number of morpholine rings is 1. The number of nitrogens with zero attached hydrogens (tertiary/aromatic N) is 1. The lowest BCUT2D eigenvalue weighted by molar-refractivity contribution is -0.147. The van der Waals surface area contributed by atoms with Crippen LogP contribution in [0.1, 0.15) is 50.1 Å². The van der Waals surface area contributed by atoms with Crippen molar-refractivity contribution in [1.29, 1.82) is 0 Å². The highest BCUT2D eigenvalue weighted by atomic mass is 19.1. The predicted octanol–water partition coefficient (Wildman–Crippen LogP) is 2.65. The van der Waals surface area contributed by atoms with Gasteiger partial charge in [0.1, 0.15) is 5.82 Å². The zero-order chi connectivity index (χ0) is 22.1. The maximum Gasteiger partial charge on any atom is 0.239 e. The third kappa shape index (κ3) is 4.55. The zero-order valence-corrected chi connectivity index (χ0v) is 18.7. The average molecular weight is 444 g/mol. The summed E-state index contributed by atoms with van der Waals surface area (Å²) in [6, 6.07) is 6.40. The molecule has 4 bridgehead atoms. The van der Waals surface area contributed by atoms with E-state index in [1.807, 2.05) is 0 Å². The van der Waals surface area contributed by atoms with Gasteiger partial charge in [-0.25, -0.2) is 4.39 Å². The van der Waals surface area contributed by atoms with Crippen LogP contribution in [0.15, 0.2) is 24.3 Å². The Morgan fingerprint density at radius 2 is 1.59 bits per heavy atom. The molecule has 2 amide bonds. The van der Waals surface area contributed by atoms with Crippen molar-refractivity contribution < 1.29 is 18.7 Å². The molecule has 1 aliphatic heterocycles. The summed E-state index contributed by atoms with van der Waals surface area (Å²) in [6.45, 7) is 3.25. The minimum atomic E-state index is -0.272. The molecule has 0 aromatic heterocycles. The summed E-state index contributed by atoms with van der Waals surface area (Å²) < 4.78 is 18.9. The van der Waals surface area contributed by atoms with Gasteiger partial charge >= 0.3 is 0 Å². The second kappa shape index (κ2) is 9.10. The molecule has 32 heavy (non-hydrogen) atoms. The fraction of sp³-hybridized carbons (Fsp3) is 0.680. The van der Waals surface area contributed by atoms with Gasteiger partial charge in [-0.15, -0.1) is 0 Å². The number of benzene rings is 1. The van der Waals surface area contributed by atoms with Crippen molar-refractivity contribution in [3.63, 3.8) is 0 Å². The van der Waals surface area contributed by atoms with Gasteiger partial charge in [0.05, 0.1) is 25.8 Å². The fourth-order valence-electron chi connectivity index (χ4n) is 7.04. The molecule has 174 valence electrons. The zero-order valence-electron chi connectivity index (χ0n) is 18.7. The molecule has 7 heteroatoms. The normalized spacial score (nSPS) is 32.5. The van der Waals surface area contributed by atoms with Gasteiger partial charge < -0.3 is 15.4 Å². The van der Waals surface area contributed by atoms with Crippen LogP contribution < -0.4 is 10.6 Å². The van der Waals surface area contributed by atoms with E-state index in [0.717, 1.165) is 37.9 Å². The molecule has 2 N–H and O–H groups in total. The summed E-state index contributed by atoms with van der Waals surface area (Å²) >= 11 is 0. The Bertz CT molecular complexity index is 802. The topological polar surface area (TPSA) is 70.7 Å². The molecule has 5 fully saturated rings. The first-order chi connectivity index (χ1) is 15.5. The van der Waals surface area contributed by atoms with Gasteiger partial charge in [-0.2, -0.15) is 0 Å². The van der Waals surface area contributed by atoms with Crippen molar-refractivity contribution in [1.82, 2.24) is 15.5 Å². The van der Waals surface area contributed by atoms with E-state index in [4.69, 9.17) is 4.74 Å². The summed E-state index contributed by atoms with van der Waals surface area (Å²) in [5, 5.41) is 5.95. The quantitative estimate of drug-likeness (QED) is 0.680. The number of halogens is 1. The van der Waals surface area contributed by atoms with E-state index in [-0.39, 0.29) is 35.6 Å². The maximum absolute atomic E-state index is 13.4. The third-order valence-electron chi connectivity index (χ3n) is 8.16. The Morgan fingerprint density at radius 3 is 2.19 bits per heavy atom. The summed E-state index contributed by atoms with van der Waals surface area (Å²) in [5.41, 5.74) is 0.727. The first-order valence-corrected chi connectivity index (χ1v) is 12.1. The van der Waals surface area contributed by atoms with Crippen molar-refractivity contribution in [3.8, 4) is 0 Å². The molecule has 0 spiro atoms. The molecular weight excluding hydrogens is 409 g/mol. The van der Waals surface area contributed by atoms with Crippen LogP contribution in [0.25, 0.3) is 0 Å². The molecule has 6 rings (SSSR count). The molecule has 1 aromatic carbocycles. The number of hydrogen-bond donors (Lipinski definition) is 2. The largest absolute Gasteiger partial charge is 0.379 e. The van der Waals surface area contributed by atoms with E-state index >= 15 is 0 Å². The molecule has 1 unspecified atom stereocenters. The third-order valence-corrected chi connectivity index (χ3v) is 8.16. The predicted molar refractivity (Wildman–Crippen MR) is 118 cm³/mol. The van der Waals surface area contributed by atoms with Gasteiger partial charge in [-0.1, -0.05) is 12.1 Å². The van der Waals surface area contributed by atoms with Crippen LogP contribution >= 0.6 is 0 Å². The fourth-order valence-corrected chi connectivity index (χ4v) is 7.04. The van der Waals surface area contributed by atoms with Crippen LogP contribution in [0.5, 0.6) is 0 Å². The van der Waals surface area contributed by atoms with E-state index in [0.29, 0.717) is 37.5 Å². The molecule has 6 nitrogen and oxygen atoms in total. The Morgan fingerprint density at radius 1 is 1.00 bits per heavy atom. The summed E-state index contributed by atoms with van der Waals surface area (Å²) in [6.07, 6.45) is 6.86. The number of carbonyl (C=O) groups is 2. The molecule has 0 radical (unpaired) electrons. The first kappa shape index (κ1) is 21.8. The van der Waals surface area contributed by atoms with Gasteiger partial charge in [-0.05, 0) is 74.0 Å². The summed E-state index contributed by atoms with van der Waals surface area (Å²) in [5.74, 6) is 1.73. The molecular formula is C25H34FN3O3. The first-order valence-electron chi connectivity index (χ1n) is 12.1. The number of nitrogens with one attached hydrogen (secondary N) is 2. The lowest BCUT2D eigenvalue weighted by Gasteiger charge is -2.55.